The molecule has 3 aromatic rings. The maximum atomic E-state index is 13.0. The van der Waals surface area contributed by atoms with E-state index in [-0.39, 0.29) is 17.2 Å². The third kappa shape index (κ3) is 4.50. The number of carboxylic acids is 1. The van der Waals surface area contributed by atoms with Crippen molar-refractivity contribution in [3.63, 3.8) is 0 Å². The summed E-state index contributed by atoms with van der Waals surface area (Å²) in [6.07, 6.45) is -5.40. The Morgan fingerprint density at radius 2 is 1.67 bits per heavy atom. The number of carboxylic acid groups (broad SMARTS) is 1. The van der Waals surface area contributed by atoms with E-state index < -0.39 is 40.8 Å². The average molecular weight is 431 g/mol. The van der Waals surface area contributed by atoms with Gasteiger partial charge in [0.15, 0.2) is 5.82 Å². The lowest BCUT2D eigenvalue weighted by molar-refractivity contribution is -0.143. The first-order valence-corrected chi connectivity index (χ1v) is 8.00. The number of benzene rings is 1. The van der Waals surface area contributed by atoms with Crippen LogP contribution in [0.2, 0.25) is 0 Å². The van der Waals surface area contributed by atoms with Crippen molar-refractivity contribution in [1.82, 2.24) is 24.5 Å². The van der Waals surface area contributed by atoms with Crippen LogP contribution in [0, 0.1) is 0 Å². The molecular weight excluding hydrogens is 420 g/mol. The molecule has 2 aromatic heterocycles. The highest BCUT2D eigenvalue weighted by atomic mass is 19.4. The number of hydrogen-bond acceptors (Lipinski definition) is 4. The van der Waals surface area contributed by atoms with Crippen LogP contribution in [0.15, 0.2) is 36.9 Å². The van der Waals surface area contributed by atoms with E-state index >= 15 is 0 Å². The van der Waals surface area contributed by atoms with Crippen molar-refractivity contribution < 1.29 is 36.2 Å². The fourth-order valence-corrected chi connectivity index (χ4v) is 2.50. The molecule has 0 bridgehead atoms. The monoisotopic (exact) mass is 431 g/mol. The summed E-state index contributed by atoms with van der Waals surface area (Å²) in [6, 6.07) is 0.959. The average Bonchev–Trinajstić information content (AvgIpc) is 3.26. The van der Waals surface area contributed by atoms with Gasteiger partial charge in [-0.05, 0) is 18.2 Å². The van der Waals surface area contributed by atoms with Crippen molar-refractivity contribution in [2.24, 2.45) is 7.05 Å². The van der Waals surface area contributed by atoms with Crippen LogP contribution in [0.5, 0.6) is 0 Å². The third-order valence-corrected chi connectivity index (χ3v) is 3.86. The molecule has 0 aliphatic rings. The zero-order chi connectivity index (χ0) is 22.3. The zero-order valence-electron chi connectivity index (χ0n) is 14.9. The van der Waals surface area contributed by atoms with Crippen LogP contribution in [0.4, 0.5) is 26.3 Å². The highest BCUT2D eigenvalue weighted by molar-refractivity contribution is 6.19. The lowest BCUT2D eigenvalue weighted by atomic mass is 10.0. The van der Waals surface area contributed by atoms with Gasteiger partial charge in [0.1, 0.15) is 6.33 Å². The second kappa shape index (κ2) is 7.31. The molecule has 0 spiro atoms. The van der Waals surface area contributed by atoms with Gasteiger partial charge >= 0.3 is 18.3 Å². The highest BCUT2D eigenvalue weighted by Crippen LogP contribution is 2.38. The van der Waals surface area contributed by atoms with Crippen molar-refractivity contribution >= 4 is 17.7 Å². The van der Waals surface area contributed by atoms with Crippen LogP contribution < -0.4 is 0 Å². The number of carbonyl (C=O) groups is 1. The van der Waals surface area contributed by atoms with E-state index in [1.807, 2.05) is 0 Å². The largest absolute Gasteiger partial charge is 0.478 e. The number of nitrogens with zero attached hydrogens (tertiary/aromatic N) is 5. The Morgan fingerprint density at radius 3 is 2.13 bits per heavy atom. The number of rotatable bonds is 4. The fourth-order valence-electron chi connectivity index (χ4n) is 2.50. The summed E-state index contributed by atoms with van der Waals surface area (Å²) in [7, 11) is 1.56. The van der Waals surface area contributed by atoms with Crippen LogP contribution in [0.3, 0.4) is 0 Å². The van der Waals surface area contributed by atoms with E-state index in [2.05, 4.69) is 15.2 Å². The molecule has 1 aromatic carbocycles. The Hall–Kier alpha value is -3.64. The van der Waals surface area contributed by atoms with E-state index in [1.54, 1.807) is 7.05 Å². The number of alkyl halides is 6. The topological polar surface area (TPSA) is 85.8 Å². The standard InChI is InChI=1S/C17H11F6N5O2/c1-27-6-10(5-25-27)13(15(29)30)7-28-8-24-14(26-28)9-2-11(16(18,19)20)4-12(3-9)17(21,22)23/h2-8H,1H3,(H,29,30). The third-order valence-electron chi connectivity index (χ3n) is 3.86. The lowest BCUT2D eigenvalue weighted by Crippen LogP contribution is -2.11. The van der Waals surface area contributed by atoms with Crippen LogP contribution in [-0.4, -0.2) is 35.6 Å². The van der Waals surface area contributed by atoms with Gasteiger partial charge in [-0.25, -0.2) is 14.5 Å². The minimum absolute atomic E-state index is 0.00860. The maximum Gasteiger partial charge on any atom is 0.416 e. The molecule has 2 heterocycles. The SMILES string of the molecule is Cn1cc(C(=Cn2cnc(-c3cc(C(F)(F)F)cc(C(F)(F)F)c3)n2)C(=O)O)cn1. The Balaban J connectivity index is 2.06. The Labute approximate surface area is 163 Å². The Morgan fingerprint density at radius 1 is 1.07 bits per heavy atom. The van der Waals surface area contributed by atoms with Gasteiger partial charge in [0.05, 0.1) is 22.9 Å². The maximum absolute atomic E-state index is 13.0. The van der Waals surface area contributed by atoms with E-state index in [1.165, 1.54) is 17.1 Å². The Bertz CT molecular complexity index is 1090. The molecule has 7 nitrogen and oxygen atoms in total. The van der Waals surface area contributed by atoms with Gasteiger partial charge < -0.3 is 5.11 Å². The van der Waals surface area contributed by atoms with E-state index in [9.17, 15) is 36.2 Å². The Kier molecular flexibility index (Phi) is 5.14. The molecule has 0 saturated carbocycles. The normalized spacial score (nSPS) is 13.0. The molecule has 1 N–H and O–H groups in total. The van der Waals surface area contributed by atoms with Crippen LogP contribution in [-0.2, 0) is 24.2 Å². The number of halogens is 6. The summed E-state index contributed by atoms with van der Waals surface area (Å²) < 4.78 is 80.3. The number of aryl methyl sites for hydroxylation is 1. The minimum Gasteiger partial charge on any atom is -0.478 e. The zero-order valence-corrected chi connectivity index (χ0v) is 14.9. The summed E-state index contributed by atoms with van der Waals surface area (Å²) >= 11 is 0. The molecule has 0 unspecified atom stereocenters. The van der Waals surface area contributed by atoms with Crippen LogP contribution in [0.1, 0.15) is 16.7 Å². The first-order valence-electron chi connectivity index (χ1n) is 8.00. The molecule has 30 heavy (non-hydrogen) atoms. The molecule has 0 atom stereocenters. The molecule has 0 amide bonds. The summed E-state index contributed by atoms with van der Waals surface area (Å²) in [5.41, 5.74) is -3.61. The second-order valence-corrected chi connectivity index (χ2v) is 6.09. The first-order chi connectivity index (χ1) is 13.8. The summed E-state index contributed by atoms with van der Waals surface area (Å²) in [5, 5.41) is 17.0. The second-order valence-electron chi connectivity index (χ2n) is 6.09. The predicted octanol–water partition coefficient (Wildman–Crippen LogP) is 3.80. The molecule has 0 radical (unpaired) electrons. The van der Waals surface area contributed by atoms with Gasteiger partial charge in [0.2, 0.25) is 0 Å². The van der Waals surface area contributed by atoms with E-state index in [4.69, 9.17) is 0 Å². The van der Waals surface area contributed by atoms with Crippen LogP contribution >= 0.6 is 0 Å². The first kappa shape index (κ1) is 21.1. The summed E-state index contributed by atoms with van der Waals surface area (Å²) in [4.78, 5) is 15.2. The summed E-state index contributed by atoms with van der Waals surface area (Å²) in [5.74, 6) is -1.79. The lowest BCUT2D eigenvalue weighted by Gasteiger charge is -2.13. The van der Waals surface area contributed by atoms with Gasteiger partial charge in [-0.1, -0.05) is 0 Å². The smallest absolute Gasteiger partial charge is 0.416 e. The predicted molar refractivity (Wildman–Crippen MR) is 90.5 cm³/mol. The van der Waals surface area contributed by atoms with E-state index in [0.29, 0.717) is 12.1 Å². The van der Waals surface area contributed by atoms with Crippen molar-refractivity contribution in [3.05, 3.63) is 53.6 Å². The molecule has 3 rings (SSSR count). The quantitative estimate of drug-likeness (QED) is 0.502. The molecule has 0 aliphatic carbocycles. The molecular formula is C17H11F6N5O2. The van der Waals surface area contributed by atoms with Crippen molar-refractivity contribution in [3.8, 4) is 11.4 Å². The highest BCUT2D eigenvalue weighted by Gasteiger charge is 2.37. The molecule has 13 heteroatoms. The van der Waals surface area contributed by atoms with Crippen LogP contribution in [0.25, 0.3) is 23.2 Å². The molecule has 158 valence electrons. The van der Waals surface area contributed by atoms with E-state index in [0.717, 1.165) is 17.2 Å². The molecule has 0 aliphatic heterocycles. The van der Waals surface area contributed by atoms with Crippen molar-refractivity contribution in [1.29, 1.82) is 0 Å². The number of aromatic nitrogens is 5. The minimum atomic E-state index is -5.02. The molecule has 0 fully saturated rings. The number of aliphatic carboxylic acids is 1. The van der Waals surface area contributed by atoms with Gasteiger partial charge in [-0.3, -0.25) is 4.68 Å². The molecule has 0 saturated heterocycles. The fraction of sp³-hybridized carbons (Fsp3) is 0.176. The number of hydrogen-bond donors (Lipinski definition) is 1. The van der Waals surface area contributed by atoms with Crippen molar-refractivity contribution in [2.75, 3.05) is 0 Å². The van der Waals surface area contributed by atoms with Gasteiger partial charge in [0.25, 0.3) is 0 Å². The van der Waals surface area contributed by atoms with Gasteiger partial charge in [0, 0.05) is 30.6 Å². The van der Waals surface area contributed by atoms with Gasteiger partial charge in [-0.2, -0.15) is 31.4 Å². The van der Waals surface area contributed by atoms with Crippen molar-refractivity contribution in [2.45, 2.75) is 12.4 Å². The summed E-state index contributed by atoms with van der Waals surface area (Å²) in [6.45, 7) is 0. The van der Waals surface area contributed by atoms with Gasteiger partial charge in [-0.15, -0.1) is 5.10 Å².